The van der Waals surface area contributed by atoms with Crippen molar-refractivity contribution in [2.45, 2.75) is 6.42 Å². The minimum atomic E-state index is -0.638. The Morgan fingerprint density at radius 2 is 2.05 bits per heavy atom. The summed E-state index contributed by atoms with van der Waals surface area (Å²) in [7, 11) is 1.24. The maximum Gasteiger partial charge on any atom is 0.361 e. The zero-order chi connectivity index (χ0) is 14.5. The Bertz CT molecular complexity index is 627. The van der Waals surface area contributed by atoms with Crippen molar-refractivity contribution in [3.63, 3.8) is 0 Å². The number of anilines is 1. The second kappa shape index (κ2) is 6.44. The number of amides is 1. The van der Waals surface area contributed by atoms with Gasteiger partial charge in [0.1, 0.15) is 0 Å². The highest BCUT2D eigenvalue weighted by Crippen LogP contribution is 2.19. The van der Waals surface area contributed by atoms with Gasteiger partial charge in [0.25, 0.3) is 0 Å². The minimum Gasteiger partial charge on any atom is -0.464 e. The quantitative estimate of drug-likeness (QED) is 0.875. The third kappa shape index (κ3) is 3.52. The summed E-state index contributed by atoms with van der Waals surface area (Å²) in [6, 6.07) is 6.93. The number of methoxy groups -OCH3 is 1. The van der Waals surface area contributed by atoms with Crippen LogP contribution in [0.25, 0.3) is 0 Å². The van der Waals surface area contributed by atoms with E-state index in [1.807, 2.05) is 0 Å². The van der Waals surface area contributed by atoms with Gasteiger partial charge in [0, 0.05) is 16.6 Å². The molecule has 2 aromatic rings. The Morgan fingerprint density at radius 3 is 2.70 bits per heavy atom. The van der Waals surface area contributed by atoms with Crippen LogP contribution in [0.5, 0.6) is 0 Å². The van der Waals surface area contributed by atoms with Crippen LogP contribution in [-0.2, 0) is 16.0 Å². The average Bonchev–Trinajstić information content (AvgIpc) is 2.88. The number of carbonyl (C=O) groups excluding carboxylic acids is 2. The van der Waals surface area contributed by atoms with Gasteiger partial charge < -0.3 is 10.1 Å². The lowest BCUT2D eigenvalue weighted by Crippen LogP contribution is -2.16. The van der Waals surface area contributed by atoms with Crippen LogP contribution in [0.2, 0.25) is 5.02 Å². The van der Waals surface area contributed by atoms with Crippen LogP contribution in [0.4, 0.5) is 5.00 Å². The molecule has 0 aliphatic carbocycles. The van der Waals surface area contributed by atoms with Gasteiger partial charge >= 0.3 is 5.97 Å². The van der Waals surface area contributed by atoms with Crippen molar-refractivity contribution in [3.8, 4) is 0 Å². The molecule has 0 radical (unpaired) electrons. The first kappa shape index (κ1) is 14.4. The molecule has 0 atom stereocenters. The first-order valence-corrected chi connectivity index (χ1v) is 6.70. The fourth-order valence-electron chi connectivity index (χ4n) is 1.46. The summed E-state index contributed by atoms with van der Waals surface area (Å²) in [6.07, 6.45) is 0.162. The van der Waals surface area contributed by atoms with Gasteiger partial charge in [-0.2, -0.15) is 0 Å². The third-order valence-corrected chi connectivity index (χ3v) is 3.29. The number of halogens is 1. The van der Waals surface area contributed by atoms with E-state index in [-0.39, 0.29) is 23.0 Å². The van der Waals surface area contributed by atoms with Gasteiger partial charge in [-0.3, -0.25) is 4.79 Å². The van der Waals surface area contributed by atoms with Crippen molar-refractivity contribution >= 4 is 40.0 Å². The first-order chi connectivity index (χ1) is 9.60. The highest BCUT2D eigenvalue weighted by atomic mass is 35.5. The van der Waals surface area contributed by atoms with E-state index in [1.165, 1.54) is 7.11 Å². The van der Waals surface area contributed by atoms with Crippen molar-refractivity contribution in [2.24, 2.45) is 0 Å². The normalized spacial score (nSPS) is 10.1. The topological polar surface area (TPSA) is 81.2 Å². The SMILES string of the molecule is COC(=O)c1nnsc1NC(=O)Cc1ccc(Cl)cc1. The number of hydrogen-bond donors (Lipinski definition) is 1. The number of hydrogen-bond acceptors (Lipinski definition) is 6. The fraction of sp³-hybridized carbons (Fsp3) is 0.167. The maximum atomic E-state index is 11.9. The van der Waals surface area contributed by atoms with Gasteiger partial charge in [0.2, 0.25) is 11.6 Å². The van der Waals surface area contributed by atoms with Crippen molar-refractivity contribution in [1.29, 1.82) is 0 Å². The predicted octanol–water partition coefficient (Wildman–Crippen LogP) is 2.16. The van der Waals surface area contributed by atoms with Crippen LogP contribution < -0.4 is 5.32 Å². The summed E-state index contributed by atoms with van der Waals surface area (Å²) < 4.78 is 8.17. The smallest absolute Gasteiger partial charge is 0.361 e. The summed E-state index contributed by atoms with van der Waals surface area (Å²) in [5, 5.41) is 7.09. The number of aromatic nitrogens is 2. The summed E-state index contributed by atoms with van der Waals surface area (Å²) >= 11 is 6.69. The van der Waals surface area contributed by atoms with E-state index in [0.717, 1.165) is 17.1 Å². The van der Waals surface area contributed by atoms with Crippen LogP contribution in [0.3, 0.4) is 0 Å². The van der Waals surface area contributed by atoms with Gasteiger partial charge in [-0.05, 0) is 17.7 Å². The van der Waals surface area contributed by atoms with Crippen LogP contribution in [0, 0.1) is 0 Å². The van der Waals surface area contributed by atoms with E-state index in [0.29, 0.717) is 5.02 Å². The minimum absolute atomic E-state index is 0.00181. The molecule has 104 valence electrons. The lowest BCUT2D eigenvalue weighted by atomic mass is 10.1. The largest absolute Gasteiger partial charge is 0.464 e. The van der Waals surface area contributed by atoms with Crippen molar-refractivity contribution in [3.05, 3.63) is 40.5 Å². The molecule has 0 unspecified atom stereocenters. The number of esters is 1. The van der Waals surface area contributed by atoms with E-state index in [9.17, 15) is 9.59 Å². The van der Waals surface area contributed by atoms with E-state index in [4.69, 9.17) is 11.6 Å². The maximum absolute atomic E-state index is 11.9. The molecular weight excluding hydrogens is 302 g/mol. The zero-order valence-electron chi connectivity index (χ0n) is 10.4. The highest BCUT2D eigenvalue weighted by Gasteiger charge is 2.18. The Balaban J connectivity index is 2.03. The molecule has 1 heterocycles. The standard InChI is InChI=1S/C12H10ClN3O3S/c1-19-12(18)10-11(20-16-15-10)14-9(17)6-7-2-4-8(13)5-3-7/h2-5H,6H2,1H3,(H,14,17). The second-order valence-electron chi connectivity index (χ2n) is 3.79. The Kier molecular flexibility index (Phi) is 4.65. The molecule has 0 bridgehead atoms. The molecule has 0 saturated heterocycles. The number of ether oxygens (including phenoxy) is 1. The van der Waals surface area contributed by atoms with Crippen LogP contribution in [-0.4, -0.2) is 28.6 Å². The molecule has 0 saturated carbocycles. The molecule has 2 rings (SSSR count). The van der Waals surface area contributed by atoms with Crippen LogP contribution >= 0.6 is 23.1 Å². The summed E-state index contributed by atoms with van der Waals surface area (Å²) in [4.78, 5) is 23.3. The summed E-state index contributed by atoms with van der Waals surface area (Å²) in [5.41, 5.74) is 0.811. The van der Waals surface area contributed by atoms with Gasteiger partial charge in [0.05, 0.1) is 13.5 Å². The van der Waals surface area contributed by atoms with Crippen molar-refractivity contribution in [1.82, 2.24) is 9.59 Å². The number of benzene rings is 1. The lowest BCUT2D eigenvalue weighted by molar-refractivity contribution is -0.115. The molecule has 0 spiro atoms. The van der Waals surface area contributed by atoms with E-state index < -0.39 is 5.97 Å². The van der Waals surface area contributed by atoms with E-state index in [1.54, 1.807) is 24.3 Å². The molecule has 20 heavy (non-hydrogen) atoms. The molecule has 0 aliphatic rings. The Hall–Kier alpha value is -1.99. The van der Waals surface area contributed by atoms with Gasteiger partial charge in [-0.1, -0.05) is 28.2 Å². The average molecular weight is 312 g/mol. The molecule has 6 nitrogen and oxygen atoms in total. The predicted molar refractivity (Wildman–Crippen MR) is 75.0 cm³/mol. The van der Waals surface area contributed by atoms with Crippen LogP contribution in [0.15, 0.2) is 24.3 Å². The monoisotopic (exact) mass is 311 g/mol. The first-order valence-electron chi connectivity index (χ1n) is 5.55. The lowest BCUT2D eigenvalue weighted by Gasteiger charge is -2.04. The van der Waals surface area contributed by atoms with Gasteiger partial charge in [-0.15, -0.1) is 5.10 Å². The number of carbonyl (C=O) groups is 2. The molecule has 0 aliphatic heterocycles. The molecule has 1 aromatic carbocycles. The Labute approximate surface area is 123 Å². The van der Waals surface area contributed by atoms with E-state index >= 15 is 0 Å². The van der Waals surface area contributed by atoms with Crippen molar-refractivity contribution < 1.29 is 14.3 Å². The van der Waals surface area contributed by atoms with Gasteiger partial charge in [0.15, 0.2) is 5.00 Å². The number of nitrogens with zero attached hydrogens (tertiary/aromatic N) is 2. The molecule has 1 amide bonds. The zero-order valence-corrected chi connectivity index (χ0v) is 12.0. The molecule has 8 heteroatoms. The van der Waals surface area contributed by atoms with Crippen LogP contribution in [0.1, 0.15) is 16.1 Å². The summed E-state index contributed by atoms with van der Waals surface area (Å²) in [5.74, 6) is -0.913. The molecule has 1 aromatic heterocycles. The second-order valence-corrected chi connectivity index (χ2v) is 4.98. The Morgan fingerprint density at radius 1 is 1.35 bits per heavy atom. The number of nitrogens with one attached hydrogen (secondary N) is 1. The molecule has 0 fully saturated rings. The summed E-state index contributed by atoms with van der Waals surface area (Å²) in [6.45, 7) is 0. The van der Waals surface area contributed by atoms with E-state index in [2.05, 4.69) is 19.6 Å². The fourth-order valence-corrected chi connectivity index (χ4v) is 2.16. The molecular formula is C12H10ClN3O3S. The van der Waals surface area contributed by atoms with Gasteiger partial charge in [-0.25, -0.2) is 4.79 Å². The van der Waals surface area contributed by atoms with Crippen molar-refractivity contribution in [2.75, 3.05) is 12.4 Å². The highest BCUT2D eigenvalue weighted by molar-refractivity contribution is 7.10. The third-order valence-electron chi connectivity index (χ3n) is 2.40. The molecule has 1 N–H and O–H groups in total. The number of rotatable bonds is 4.